The zero-order valence-electron chi connectivity index (χ0n) is 12.7. The summed E-state index contributed by atoms with van der Waals surface area (Å²) in [7, 11) is -1.45. The number of aliphatic hydroxyl groups excluding tert-OH is 1. The fourth-order valence-corrected chi connectivity index (χ4v) is 2.56. The van der Waals surface area contributed by atoms with Crippen LogP contribution in [0.4, 0.5) is 0 Å². The molecule has 1 rings (SSSR count). The molecule has 1 heterocycles. The van der Waals surface area contributed by atoms with Crippen LogP contribution in [0.3, 0.4) is 0 Å². The van der Waals surface area contributed by atoms with Crippen molar-refractivity contribution in [2.24, 2.45) is 0 Å². The van der Waals surface area contributed by atoms with Crippen LogP contribution in [-0.2, 0) is 14.3 Å². The van der Waals surface area contributed by atoms with Gasteiger partial charge in [-0.25, -0.2) is 0 Å². The van der Waals surface area contributed by atoms with Crippen LogP contribution < -0.4 is 0 Å². The summed E-state index contributed by atoms with van der Waals surface area (Å²) < 4.78 is 10.7. The number of carbonyl (C=O) groups excluding carboxylic acids is 1. The van der Waals surface area contributed by atoms with Crippen LogP contribution >= 0.6 is 11.6 Å². The van der Waals surface area contributed by atoms with Crippen LogP contribution in [0.15, 0.2) is 0 Å². The summed E-state index contributed by atoms with van der Waals surface area (Å²) in [5, 5.41) is 9.55. The second kappa shape index (κ2) is 6.59. The molecule has 0 saturated carbocycles. The summed E-state index contributed by atoms with van der Waals surface area (Å²) in [5.41, 5.74) is 3.18. The van der Waals surface area contributed by atoms with Crippen molar-refractivity contribution in [3.05, 3.63) is 0 Å². The van der Waals surface area contributed by atoms with Gasteiger partial charge < -0.3 is 14.6 Å². The van der Waals surface area contributed by atoms with E-state index in [1.807, 2.05) is 0 Å². The average Bonchev–Trinajstić information content (AvgIpc) is 2.29. The predicted molar refractivity (Wildman–Crippen MR) is 81.3 cm³/mol. The number of ketones is 1. The zero-order chi connectivity index (χ0) is 15.6. The molecule has 0 aromatic rings. The van der Waals surface area contributed by atoms with Crippen molar-refractivity contribution in [1.82, 2.24) is 0 Å². The lowest BCUT2D eigenvalue weighted by Crippen LogP contribution is -2.53. The number of ether oxygens (including phenoxy) is 2. The molecule has 0 bridgehead atoms. The van der Waals surface area contributed by atoms with Crippen molar-refractivity contribution in [1.29, 1.82) is 0 Å². The van der Waals surface area contributed by atoms with Gasteiger partial charge in [-0.3, -0.25) is 4.79 Å². The highest BCUT2D eigenvalue weighted by Crippen LogP contribution is 2.25. The van der Waals surface area contributed by atoms with Crippen LogP contribution in [0.1, 0.15) is 20.3 Å². The third-order valence-electron chi connectivity index (χ3n) is 2.73. The number of aliphatic hydroxyl groups is 1. The maximum Gasteiger partial charge on any atom is 0.190 e. The maximum absolute atomic E-state index is 11.8. The molecule has 0 radical (unpaired) electrons. The first-order valence-corrected chi connectivity index (χ1v) is 10.6. The Labute approximate surface area is 126 Å². The van der Waals surface area contributed by atoms with Gasteiger partial charge in [-0.15, -0.1) is 23.1 Å². The summed E-state index contributed by atoms with van der Waals surface area (Å²) in [5.74, 6) is 1.82. The van der Waals surface area contributed by atoms with E-state index in [9.17, 15) is 9.90 Å². The second-order valence-corrected chi connectivity index (χ2v) is 11.8. The molecule has 0 unspecified atom stereocenters. The van der Waals surface area contributed by atoms with E-state index in [-0.39, 0.29) is 12.4 Å². The Balaban J connectivity index is 2.65. The molecule has 0 aromatic carbocycles. The lowest BCUT2D eigenvalue weighted by atomic mass is 10.0. The lowest BCUT2D eigenvalue weighted by molar-refractivity contribution is -0.270. The molecule has 1 aliphatic rings. The predicted octanol–water partition coefficient (Wildman–Crippen LogP) is 1.95. The SMILES string of the molecule is CC1(C)OCC(=O)[C@H]([C@@H](O)[C@H](Cl)CC#C[Si](C)(C)C)O1. The standard InChI is InChI=1S/C14H23ClO4Si/c1-14(2)18-9-11(16)13(19-14)12(17)10(15)7-6-8-20(3,4)5/h10,12-13,17H,7,9H2,1-5H3/t10-,12+,13-/m1/s1. The van der Waals surface area contributed by atoms with Crippen LogP contribution in [-0.4, -0.2) is 48.9 Å². The fraction of sp³-hybridized carbons (Fsp3) is 0.786. The molecule has 0 aliphatic carbocycles. The number of halogens is 1. The first-order chi connectivity index (χ1) is 9.02. The summed E-state index contributed by atoms with van der Waals surface area (Å²) in [6, 6.07) is 0. The highest BCUT2D eigenvalue weighted by Gasteiger charge is 2.41. The van der Waals surface area contributed by atoms with E-state index in [1.165, 1.54) is 0 Å². The number of hydrogen-bond acceptors (Lipinski definition) is 4. The number of Topliss-reactive ketones (excluding diaryl/α,β-unsaturated/α-hetero) is 1. The molecule has 20 heavy (non-hydrogen) atoms. The minimum Gasteiger partial charge on any atom is -0.388 e. The fourth-order valence-electron chi connectivity index (χ4n) is 1.72. The highest BCUT2D eigenvalue weighted by molar-refractivity contribution is 6.83. The van der Waals surface area contributed by atoms with Gasteiger partial charge >= 0.3 is 0 Å². The number of carbonyl (C=O) groups is 1. The summed E-state index contributed by atoms with van der Waals surface area (Å²) in [6.45, 7) is 9.73. The molecule has 1 fully saturated rings. The number of alkyl halides is 1. The summed E-state index contributed by atoms with van der Waals surface area (Å²) in [6.07, 6.45) is -1.69. The highest BCUT2D eigenvalue weighted by atomic mass is 35.5. The third kappa shape index (κ3) is 5.55. The van der Waals surface area contributed by atoms with E-state index >= 15 is 0 Å². The van der Waals surface area contributed by atoms with Gasteiger partial charge in [-0.2, -0.15) is 0 Å². The van der Waals surface area contributed by atoms with Gasteiger partial charge in [-0.1, -0.05) is 19.6 Å². The van der Waals surface area contributed by atoms with E-state index in [4.69, 9.17) is 21.1 Å². The Bertz CT molecular complexity index is 419. The van der Waals surface area contributed by atoms with E-state index in [0.717, 1.165) is 0 Å². The number of hydrogen-bond donors (Lipinski definition) is 1. The molecule has 3 atom stereocenters. The minimum atomic E-state index is -1.45. The van der Waals surface area contributed by atoms with Gasteiger partial charge in [0.2, 0.25) is 0 Å². The van der Waals surface area contributed by atoms with Crippen LogP contribution in [0.5, 0.6) is 0 Å². The second-order valence-electron chi connectivity index (χ2n) is 6.46. The third-order valence-corrected chi connectivity index (χ3v) is 4.07. The Kier molecular flexibility index (Phi) is 5.82. The van der Waals surface area contributed by atoms with Crippen LogP contribution in [0.2, 0.25) is 19.6 Å². The van der Waals surface area contributed by atoms with E-state index in [2.05, 4.69) is 31.1 Å². The molecule has 114 valence electrons. The quantitative estimate of drug-likeness (QED) is 0.491. The van der Waals surface area contributed by atoms with Gasteiger partial charge in [0, 0.05) is 6.42 Å². The normalized spacial score (nSPS) is 25.6. The van der Waals surface area contributed by atoms with Crippen molar-refractivity contribution in [3.8, 4) is 11.5 Å². The van der Waals surface area contributed by atoms with Crippen LogP contribution in [0, 0.1) is 11.5 Å². The zero-order valence-corrected chi connectivity index (χ0v) is 14.5. The Morgan fingerprint density at radius 1 is 1.50 bits per heavy atom. The molecule has 1 saturated heterocycles. The van der Waals surface area contributed by atoms with Crippen molar-refractivity contribution in [2.75, 3.05) is 6.61 Å². The van der Waals surface area contributed by atoms with E-state index in [0.29, 0.717) is 6.42 Å². The van der Waals surface area contributed by atoms with Gasteiger partial charge in [0.1, 0.15) is 26.9 Å². The van der Waals surface area contributed by atoms with Crippen LogP contribution in [0.25, 0.3) is 0 Å². The Morgan fingerprint density at radius 2 is 2.10 bits per heavy atom. The molecule has 1 N–H and O–H groups in total. The molecule has 4 nitrogen and oxygen atoms in total. The summed E-state index contributed by atoms with van der Waals surface area (Å²) in [4.78, 5) is 11.8. The smallest absolute Gasteiger partial charge is 0.190 e. The molecule has 6 heteroatoms. The monoisotopic (exact) mass is 318 g/mol. The van der Waals surface area contributed by atoms with Crippen molar-refractivity contribution >= 4 is 25.5 Å². The first kappa shape index (κ1) is 17.7. The Morgan fingerprint density at radius 3 is 2.65 bits per heavy atom. The molecule has 0 aromatic heterocycles. The lowest BCUT2D eigenvalue weighted by Gasteiger charge is -2.37. The topological polar surface area (TPSA) is 55.8 Å². The molecule has 0 amide bonds. The van der Waals surface area contributed by atoms with Crippen molar-refractivity contribution < 1.29 is 19.4 Å². The van der Waals surface area contributed by atoms with Gasteiger partial charge in [0.25, 0.3) is 0 Å². The molecular weight excluding hydrogens is 296 g/mol. The minimum absolute atomic E-state index is 0.0705. The summed E-state index contributed by atoms with van der Waals surface area (Å²) >= 11 is 6.14. The molecule has 0 spiro atoms. The first-order valence-electron chi connectivity index (χ1n) is 6.68. The van der Waals surface area contributed by atoms with Gasteiger partial charge in [0.15, 0.2) is 11.6 Å². The van der Waals surface area contributed by atoms with E-state index < -0.39 is 31.4 Å². The largest absolute Gasteiger partial charge is 0.388 e. The van der Waals surface area contributed by atoms with E-state index in [1.54, 1.807) is 13.8 Å². The van der Waals surface area contributed by atoms with Gasteiger partial charge in [0.05, 0.1) is 5.38 Å². The number of rotatable bonds is 3. The Hall–Kier alpha value is -0.383. The van der Waals surface area contributed by atoms with Crippen molar-refractivity contribution in [3.63, 3.8) is 0 Å². The average molecular weight is 319 g/mol. The molecular formula is C14H23ClO4Si. The van der Waals surface area contributed by atoms with Gasteiger partial charge in [-0.05, 0) is 13.8 Å². The molecule has 1 aliphatic heterocycles. The van der Waals surface area contributed by atoms with Crippen molar-refractivity contribution in [2.45, 2.75) is 63.3 Å². The maximum atomic E-state index is 11.8.